The number of carboxylic acids is 1. The highest BCUT2D eigenvalue weighted by Crippen LogP contribution is 2.23. The summed E-state index contributed by atoms with van der Waals surface area (Å²) in [4.78, 5) is 22.1. The van der Waals surface area contributed by atoms with Crippen molar-refractivity contribution in [1.29, 1.82) is 0 Å². The van der Waals surface area contributed by atoms with Gasteiger partial charge >= 0.3 is 5.97 Å². The van der Waals surface area contributed by atoms with Crippen LogP contribution in [-0.2, 0) is 9.59 Å². The van der Waals surface area contributed by atoms with Crippen molar-refractivity contribution in [2.45, 2.75) is 57.7 Å². The summed E-state index contributed by atoms with van der Waals surface area (Å²) in [6, 6.07) is 0. The number of thioether (sulfide) groups is 1. The van der Waals surface area contributed by atoms with E-state index in [1.54, 1.807) is 11.8 Å². The topological polar surface area (TPSA) is 66.4 Å². The van der Waals surface area contributed by atoms with Crippen LogP contribution in [0, 0.1) is 0 Å². The van der Waals surface area contributed by atoms with Crippen LogP contribution >= 0.6 is 11.8 Å². The molecule has 0 aliphatic rings. The maximum Gasteiger partial charge on any atom is 0.303 e. The van der Waals surface area contributed by atoms with Gasteiger partial charge in [0.15, 0.2) is 0 Å². The molecule has 0 unspecified atom stereocenters. The number of carboxylic acid groups (broad SMARTS) is 1. The van der Waals surface area contributed by atoms with E-state index < -0.39 is 11.5 Å². The molecule has 4 nitrogen and oxygen atoms in total. The molecule has 2 N–H and O–H groups in total. The number of rotatable bonds is 6. The highest BCUT2D eigenvalue weighted by Gasteiger charge is 2.22. The van der Waals surface area contributed by atoms with Crippen LogP contribution in [0.3, 0.4) is 0 Å². The molecule has 0 saturated carbocycles. The Balaban J connectivity index is 4.05. The van der Waals surface area contributed by atoms with E-state index in [1.807, 2.05) is 13.8 Å². The summed E-state index contributed by atoms with van der Waals surface area (Å²) in [5.74, 6) is -0.475. The van der Waals surface area contributed by atoms with Crippen LogP contribution in [0.2, 0.25) is 0 Å². The summed E-state index contributed by atoms with van der Waals surface area (Å²) in [6.07, 6.45) is 0.508. The van der Waals surface area contributed by atoms with Gasteiger partial charge in [0.25, 0.3) is 0 Å². The van der Waals surface area contributed by atoms with Gasteiger partial charge in [-0.2, -0.15) is 0 Å². The first-order valence-corrected chi connectivity index (χ1v) is 6.67. The molecule has 1 amide bonds. The number of carbonyl (C=O) groups is 2. The first-order chi connectivity index (χ1) is 7.52. The molecule has 0 radical (unpaired) electrons. The Morgan fingerprint density at radius 2 is 1.71 bits per heavy atom. The quantitative estimate of drug-likeness (QED) is 0.770. The number of hydrogen-bond acceptors (Lipinski definition) is 3. The molecule has 0 fully saturated rings. The minimum Gasteiger partial charge on any atom is -0.481 e. The fourth-order valence-corrected chi connectivity index (χ4v) is 1.81. The van der Waals surface area contributed by atoms with Crippen molar-refractivity contribution in [2.75, 3.05) is 5.75 Å². The monoisotopic (exact) mass is 261 g/mol. The van der Waals surface area contributed by atoms with Crippen LogP contribution in [-0.4, -0.2) is 33.0 Å². The molecule has 0 atom stereocenters. The van der Waals surface area contributed by atoms with Gasteiger partial charge in [0.2, 0.25) is 5.91 Å². The Labute approximate surface area is 108 Å². The summed E-state index contributed by atoms with van der Waals surface area (Å²) >= 11 is 1.58. The second-order valence-corrected chi connectivity index (χ2v) is 7.53. The van der Waals surface area contributed by atoms with Gasteiger partial charge < -0.3 is 10.4 Å². The number of nitrogens with one attached hydrogen (secondary N) is 1. The van der Waals surface area contributed by atoms with Crippen LogP contribution in [0.1, 0.15) is 47.5 Å². The third kappa shape index (κ3) is 10.2. The summed E-state index contributed by atoms with van der Waals surface area (Å²) in [5.41, 5.74) is -0.464. The largest absolute Gasteiger partial charge is 0.481 e. The zero-order valence-corrected chi connectivity index (χ0v) is 12.1. The lowest BCUT2D eigenvalue weighted by Crippen LogP contribution is -2.44. The van der Waals surface area contributed by atoms with Crippen molar-refractivity contribution in [3.05, 3.63) is 0 Å². The first-order valence-electron chi connectivity index (χ1n) is 5.69. The molecule has 0 aromatic heterocycles. The summed E-state index contributed by atoms with van der Waals surface area (Å²) in [5, 5.41) is 11.5. The zero-order valence-electron chi connectivity index (χ0n) is 11.3. The van der Waals surface area contributed by atoms with E-state index in [9.17, 15) is 9.59 Å². The lowest BCUT2D eigenvalue weighted by Gasteiger charge is -2.26. The first kappa shape index (κ1) is 16.3. The molecule has 0 aromatic carbocycles. The van der Waals surface area contributed by atoms with E-state index in [0.29, 0.717) is 12.2 Å². The molecule has 0 aliphatic carbocycles. The zero-order chi connectivity index (χ0) is 13.7. The Bertz CT molecular complexity index is 282. The Kier molecular flexibility index (Phi) is 6.02. The van der Waals surface area contributed by atoms with Gasteiger partial charge in [-0.15, -0.1) is 11.8 Å². The normalized spacial score (nSPS) is 12.3. The Morgan fingerprint density at radius 1 is 1.18 bits per heavy atom. The minimum absolute atomic E-state index is 0.0414. The molecular weight excluding hydrogens is 238 g/mol. The van der Waals surface area contributed by atoms with Gasteiger partial charge in [-0.3, -0.25) is 9.59 Å². The molecule has 17 heavy (non-hydrogen) atoms. The summed E-state index contributed by atoms with van der Waals surface area (Å²) < 4.78 is 0.0581. The van der Waals surface area contributed by atoms with Crippen molar-refractivity contribution in [1.82, 2.24) is 5.32 Å². The molecule has 0 aromatic rings. The smallest absolute Gasteiger partial charge is 0.303 e. The van der Waals surface area contributed by atoms with E-state index in [1.165, 1.54) is 0 Å². The maximum atomic E-state index is 11.7. The number of hydrogen-bond donors (Lipinski definition) is 2. The van der Waals surface area contributed by atoms with Crippen molar-refractivity contribution in [2.24, 2.45) is 0 Å². The van der Waals surface area contributed by atoms with Crippen LogP contribution < -0.4 is 5.32 Å². The molecule has 0 heterocycles. The third-order valence-electron chi connectivity index (χ3n) is 2.08. The minimum atomic E-state index is -0.837. The molecule has 0 aliphatic heterocycles. The predicted octanol–water partition coefficient (Wildman–Crippen LogP) is 2.28. The van der Waals surface area contributed by atoms with E-state index in [0.717, 1.165) is 0 Å². The molecule has 0 saturated heterocycles. The molecule has 100 valence electrons. The summed E-state index contributed by atoms with van der Waals surface area (Å²) in [7, 11) is 0. The fourth-order valence-electron chi connectivity index (χ4n) is 1.18. The second-order valence-electron chi connectivity index (χ2n) is 5.73. The average molecular weight is 261 g/mol. The van der Waals surface area contributed by atoms with Crippen molar-refractivity contribution < 1.29 is 14.7 Å². The van der Waals surface area contributed by atoms with Crippen molar-refractivity contribution in [3.8, 4) is 0 Å². The highest BCUT2D eigenvalue weighted by molar-refractivity contribution is 8.01. The Morgan fingerprint density at radius 3 is 2.12 bits per heavy atom. The lowest BCUT2D eigenvalue weighted by atomic mass is 9.98. The lowest BCUT2D eigenvalue weighted by molar-refractivity contribution is -0.137. The molecular formula is C12H23NO3S. The van der Waals surface area contributed by atoms with Gasteiger partial charge in [-0.05, 0) is 20.3 Å². The molecule has 0 bridgehead atoms. The number of aliphatic carboxylic acids is 1. The van der Waals surface area contributed by atoms with Gasteiger partial charge in [-0.1, -0.05) is 20.8 Å². The van der Waals surface area contributed by atoms with Crippen molar-refractivity contribution >= 4 is 23.6 Å². The predicted molar refractivity (Wildman–Crippen MR) is 71.3 cm³/mol. The van der Waals surface area contributed by atoms with Crippen LogP contribution in [0.15, 0.2) is 0 Å². The van der Waals surface area contributed by atoms with Gasteiger partial charge in [0.1, 0.15) is 0 Å². The maximum absolute atomic E-state index is 11.7. The number of amides is 1. The van der Waals surface area contributed by atoms with Gasteiger partial charge in [0, 0.05) is 16.7 Å². The van der Waals surface area contributed by atoms with E-state index in [4.69, 9.17) is 5.11 Å². The van der Waals surface area contributed by atoms with Crippen molar-refractivity contribution in [3.63, 3.8) is 0 Å². The van der Waals surface area contributed by atoms with E-state index in [-0.39, 0.29) is 17.1 Å². The molecule has 0 rings (SSSR count). The second kappa shape index (κ2) is 6.28. The highest BCUT2D eigenvalue weighted by atomic mass is 32.2. The Hall–Kier alpha value is -0.710. The summed E-state index contributed by atoms with van der Waals surface area (Å²) in [6.45, 7) is 9.85. The number of carbonyl (C=O) groups excluding carboxylic acids is 1. The standard InChI is InChI=1S/C12H23NO3S/c1-11(2,3)17-8-9(14)13-12(4,5)7-6-10(15)16/h6-8H2,1-5H3,(H,13,14)(H,15,16). The fraction of sp³-hybridized carbons (Fsp3) is 0.833. The third-order valence-corrected chi connectivity index (χ3v) is 3.35. The van der Waals surface area contributed by atoms with Gasteiger partial charge in [0.05, 0.1) is 5.75 Å². The molecule has 5 heteroatoms. The van der Waals surface area contributed by atoms with Crippen LogP contribution in [0.5, 0.6) is 0 Å². The van der Waals surface area contributed by atoms with E-state index in [2.05, 4.69) is 26.1 Å². The van der Waals surface area contributed by atoms with E-state index >= 15 is 0 Å². The average Bonchev–Trinajstić information content (AvgIpc) is 2.10. The SMILES string of the molecule is CC(C)(CCC(=O)O)NC(=O)CSC(C)(C)C. The molecule has 0 spiro atoms. The van der Waals surface area contributed by atoms with Gasteiger partial charge in [-0.25, -0.2) is 0 Å². The van der Waals surface area contributed by atoms with Crippen LogP contribution in [0.4, 0.5) is 0 Å². The van der Waals surface area contributed by atoms with Crippen LogP contribution in [0.25, 0.3) is 0 Å².